The second-order valence-electron chi connectivity index (χ2n) is 2.77. The molecule has 0 saturated carbocycles. The first-order chi connectivity index (χ1) is 5.47. The average molecular weight is 190 g/mol. The molecule has 2 N–H and O–H groups in total. The molecule has 1 fully saturated rings. The summed E-state index contributed by atoms with van der Waals surface area (Å²) in [6.45, 7) is 1.07. The number of rotatable bonds is 1. The van der Waals surface area contributed by atoms with E-state index in [2.05, 4.69) is 25.9 Å². The summed E-state index contributed by atoms with van der Waals surface area (Å²) >= 11 is 0. The molecule has 1 aliphatic rings. The van der Waals surface area contributed by atoms with Crippen molar-refractivity contribution in [3.05, 3.63) is 5.82 Å². The predicted octanol–water partition coefficient (Wildman–Crippen LogP) is 0.436. The molecule has 1 saturated heterocycles. The molecule has 1 aromatic rings. The minimum atomic E-state index is 0. The lowest BCUT2D eigenvalue weighted by Gasteiger charge is -2.19. The Morgan fingerprint density at radius 1 is 1.33 bits per heavy atom. The molecule has 0 unspecified atom stereocenters. The van der Waals surface area contributed by atoms with E-state index in [9.17, 15) is 0 Å². The van der Waals surface area contributed by atoms with Crippen LogP contribution in [0.25, 0.3) is 0 Å². The summed E-state index contributed by atoms with van der Waals surface area (Å²) in [6.07, 6.45) is 3.64. The van der Waals surface area contributed by atoms with Crippen LogP contribution in [-0.2, 0) is 0 Å². The summed E-state index contributed by atoms with van der Waals surface area (Å²) in [5.74, 6) is 0.796. The molecule has 0 spiro atoms. The number of H-pyrrole nitrogens is 1. The van der Waals surface area contributed by atoms with Crippen molar-refractivity contribution in [1.82, 2.24) is 25.9 Å². The van der Waals surface area contributed by atoms with Crippen molar-refractivity contribution in [3.63, 3.8) is 0 Å². The lowest BCUT2D eigenvalue weighted by atomic mass is 10.1. The number of nitrogens with one attached hydrogen (secondary N) is 2. The molecule has 0 aliphatic carbocycles. The highest BCUT2D eigenvalue weighted by atomic mass is 35.5. The van der Waals surface area contributed by atoms with Gasteiger partial charge in [0.15, 0.2) is 5.82 Å². The van der Waals surface area contributed by atoms with Gasteiger partial charge in [0.2, 0.25) is 0 Å². The Bertz CT molecular complexity index is 206. The third kappa shape index (κ3) is 1.92. The van der Waals surface area contributed by atoms with Crippen molar-refractivity contribution in [1.29, 1.82) is 0 Å². The maximum atomic E-state index is 3.93. The highest BCUT2D eigenvalue weighted by Crippen LogP contribution is 2.18. The molecule has 0 amide bonds. The Kier molecular flexibility index (Phi) is 3.43. The van der Waals surface area contributed by atoms with Gasteiger partial charge in [0.05, 0.1) is 6.04 Å². The maximum Gasteiger partial charge on any atom is 0.191 e. The summed E-state index contributed by atoms with van der Waals surface area (Å²) < 4.78 is 0. The second-order valence-corrected chi connectivity index (χ2v) is 2.77. The quantitative estimate of drug-likeness (QED) is 0.673. The number of aromatic amines is 1. The average Bonchev–Trinajstić information content (AvgIpc) is 2.58. The number of hydrogen-bond acceptors (Lipinski definition) is 4. The molecule has 1 aromatic heterocycles. The van der Waals surface area contributed by atoms with E-state index in [0.29, 0.717) is 6.04 Å². The van der Waals surface area contributed by atoms with Crippen molar-refractivity contribution in [2.45, 2.75) is 25.3 Å². The molecule has 0 bridgehead atoms. The highest BCUT2D eigenvalue weighted by molar-refractivity contribution is 5.85. The first-order valence-corrected chi connectivity index (χ1v) is 3.93. The Balaban J connectivity index is 0.000000720. The van der Waals surface area contributed by atoms with E-state index in [4.69, 9.17) is 0 Å². The van der Waals surface area contributed by atoms with Crippen LogP contribution in [0.5, 0.6) is 0 Å². The molecule has 68 valence electrons. The molecule has 6 heteroatoms. The van der Waals surface area contributed by atoms with Gasteiger partial charge < -0.3 is 5.32 Å². The first-order valence-electron chi connectivity index (χ1n) is 3.93. The maximum absolute atomic E-state index is 3.93. The zero-order chi connectivity index (χ0) is 7.52. The van der Waals surface area contributed by atoms with Crippen LogP contribution in [0.3, 0.4) is 0 Å². The fourth-order valence-electron chi connectivity index (χ4n) is 1.39. The molecule has 5 nitrogen and oxygen atoms in total. The number of piperidine rings is 1. The van der Waals surface area contributed by atoms with Crippen LogP contribution in [0.2, 0.25) is 0 Å². The molecule has 0 aromatic carbocycles. The van der Waals surface area contributed by atoms with E-state index in [0.717, 1.165) is 18.8 Å². The number of hydrogen-bond donors (Lipinski definition) is 2. The molecular weight excluding hydrogens is 178 g/mol. The molecule has 2 rings (SSSR count). The van der Waals surface area contributed by atoms with Gasteiger partial charge in [0, 0.05) is 0 Å². The van der Waals surface area contributed by atoms with Crippen molar-refractivity contribution in [2.75, 3.05) is 6.54 Å². The fraction of sp³-hybridized carbons (Fsp3) is 0.833. The van der Waals surface area contributed by atoms with E-state index in [1.807, 2.05) is 0 Å². The van der Waals surface area contributed by atoms with Gasteiger partial charge in [0.25, 0.3) is 0 Å². The minimum Gasteiger partial charge on any atom is -0.307 e. The van der Waals surface area contributed by atoms with Crippen molar-refractivity contribution in [3.8, 4) is 0 Å². The van der Waals surface area contributed by atoms with Crippen LogP contribution in [0, 0.1) is 0 Å². The van der Waals surface area contributed by atoms with Crippen LogP contribution in [-0.4, -0.2) is 27.2 Å². The standard InChI is InChI=1S/C6H11N5.ClH/c1-2-4-7-5(3-1)6-8-10-11-9-6;/h5,7H,1-4H2,(H,8,9,10,11);1H/t5-;/m1./s1. The van der Waals surface area contributed by atoms with Crippen LogP contribution in [0.1, 0.15) is 31.1 Å². The zero-order valence-corrected chi connectivity index (χ0v) is 7.47. The third-order valence-corrected chi connectivity index (χ3v) is 1.98. The molecular formula is C6H12ClN5. The van der Waals surface area contributed by atoms with E-state index in [1.165, 1.54) is 12.8 Å². The van der Waals surface area contributed by atoms with Crippen LogP contribution in [0.4, 0.5) is 0 Å². The zero-order valence-electron chi connectivity index (χ0n) is 6.66. The topological polar surface area (TPSA) is 66.5 Å². The smallest absolute Gasteiger partial charge is 0.191 e. The van der Waals surface area contributed by atoms with Gasteiger partial charge in [-0.25, -0.2) is 0 Å². The monoisotopic (exact) mass is 189 g/mol. The lowest BCUT2D eigenvalue weighted by Crippen LogP contribution is -2.27. The summed E-state index contributed by atoms with van der Waals surface area (Å²) in [6, 6.07) is 0.322. The van der Waals surface area contributed by atoms with Gasteiger partial charge in [-0.3, -0.25) is 0 Å². The van der Waals surface area contributed by atoms with Gasteiger partial charge in [0.1, 0.15) is 0 Å². The molecule has 1 aliphatic heterocycles. The van der Waals surface area contributed by atoms with Crippen LogP contribution >= 0.6 is 12.4 Å². The van der Waals surface area contributed by atoms with Gasteiger partial charge in [-0.2, -0.15) is 5.21 Å². The van der Waals surface area contributed by atoms with E-state index in [1.54, 1.807) is 0 Å². The van der Waals surface area contributed by atoms with Crippen molar-refractivity contribution >= 4 is 12.4 Å². The Hall–Kier alpha value is -0.680. The Morgan fingerprint density at radius 3 is 2.83 bits per heavy atom. The normalized spacial score (nSPS) is 23.2. The predicted molar refractivity (Wildman–Crippen MR) is 46.0 cm³/mol. The first kappa shape index (κ1) is 9.41. The van der Waals surface area contributed by atoms with E-state index >= 15 is 0 Å². The molecule has 1 atom stereocenters. The van der Waals surface area contributed by atoms with Crippen molar-refractivity contribution in [2.24, 2.45) is 0 Å². The summed E-state index contributed by atoms with van der Waals surface area (Å²) in [4.78, 5) is 0. The number of nitrogens with zero attached hydrogens (tertiary/aromatic N) is 3. The largest absolute Gasteiger partial charge is 0.307 e. The van der Waals surface area contributed by atoms with Crippen LogP contribution in [0.15, 0.2) is 0 Å². The van der Waals surface area contributed by atoms with Gasteiger partial charge in [-0.15, -0.1) is 22.6 Å². The fourth-order valence-corrected chi connectivity index (χ4v) is 1.39. The highest BCUT2D eigenvalue weighted by Gasteiger charge is 2.17. The van der Waals surface area contributed by atoms with Gasteiger partial charge in [-0.1, -0.05) is 11.6 Å². The molecule has 0 radical (unpaired) electrons. The van der Waals surface area contributed by atoms with Gasteiger partial charge in [-0.05, 0) is 19.4 Å². The second kappa shape index (κ2) is 4.37. The minimum absolute atomic E-state index is 0. The number of tetrazole rings is 1. The Morgan fingerprint density at radius 2 is 2.25 bits per heavy atom. The summed E-state index contributed by atoms with van der Waals surface area (Å²) in [5.41, 5.74) is 0. The molecule has 2 heterocycles. The van der Waals surface area contributed by atoms with Crippen LogP contribution < -0.4 is 5.32 Å². The number of aromatic nitrogens is 4. The lowest BCUT2D eigenvalue weighted by molar-refractivity contribution is 0.397. The van der Waals surface area contributed by atoms with E-state index < -0.39 is 0 Å². The number of halogens is 1. The summed E-state index contributed by atoms with van der Waals surface area (Å²) in [7, 11) is 0. The third-order valence-electron chi connectivity index (χ3n) is 1.98. The summed E-state index contributed by atoms with van der Waals surface area (Å²) in [5, 5.41) is 17.2. The molecule has 12 heavy (non-hydrogen) atoms. The SMILES string of the molecule is C1CC[C@H](c2nn[nH]n2)NC1.Cl. The van der Waals surface area contributed by atoms with E-state index in [-0.39, 0.29) is 12.4 Å². The Labute approximate surface area is 76.7 Å². The van der Waals surface area contributed by atoms with Gasteiger partial charge >= 0.3 is 0 Å². The van der Waals surface area contributed by atoms with Crippen molar-refractivity contribution < 1.29 is 0 Å².